The van der Waals surface area contributed by atoms with Crippen molar-refractivity contribution < 1.29 is 9.18 Å². The van der Waals surface area contributed by atoms with Gasteiger partial charge in [0.1, 0.15) is 12.1 Å². The number of amides is 1. The second kappa shape index (κ2) is 5.26. The summed E-state index contributed by atoms with van der Waals surface area (Å²) in [4.78, 5) is 15.8. The van der Waals surface area contributed by atoms with E-state index < -0.39 is 5.82 Å². The van der Waals surface area contributed by atoms with E-state index in [0.29, 0.717) is 5.82 Å². The van der Waals surface area contributed by atoms with Crippen molar-refractivity contribution in [3.63, 3.8) is 0 Å². The van der Waals surface area contributed by atoms with Crippen LogP contribution in [0.15, 0.2) is 29.0 Å². The van der Waals surface area contributed by atoms with Gasteiger partial charge in [0.15, 0.2) is 5.82 Å². The summed E-state index contributed by atoms with van der Waals surface area (Å²) in [6, 6.07) is 4.30. The summed E-state index contributed by atoms with van der Waals surface area (Å²) in [5.74, 6) is -0.356. The number of benzene rings is 1. The third kappa shape index (κ3) is 2.73. The van der Waals surface area contributed by atoms with Gasteiger partial charge in [0.05, 0.1) is 16.6 Å². The number of rotatable bonds is 3. The lowest BCUT2D eigenvalue weighted by Gasteiger charge is -2.05. The average Bonchev–Trinajstić information content (AvgIpc) is 2.76. The third-order valence-corrected chi connectivity index (χ3v) is 3.06. The Bertz CT molecular complexity index is 584. The quantitative estimate of drug-likeness (QED) is 0.937. The number of aromatic nitrogens is 3. The molecule has 7 heteroatoms. The minimum atomic E-state index is -0.474. The normalized spacial score (nSPS) is 10.4. The Hall–Kier alpha value is -1.76. The molecule has 1 aromatic carbocycles. The number of nitrogens with zero attached hydrogens (tertiary/aromatic N) is 3. The average molecular weight is 313 g/mol. The smallest absolute Gasteiger partial charge is 0.252 e. The molecule has 0 fully saturated rings. The molecular formula is C11H10BrFN4O. The van der Waals surface area contributed by atoms with E-state index in [-0.39, 0.29) is 22.5 Å². The van der Waals surface area contributed by atoms with Crippen LogP contribution in [-0.2, 0) is 13.6 Å². The van der Waals surface area contributed by atoms with E-state index in [4.69, 9.17) is 0 Å². The van der Waals surface area contributed by atoms with E-state index >= 15 is 0 Å². The van der Waals surface area contributed by atoms with E-state index in [1.165, 1.54) is 18.2 Å². The second-order valence-electron chi connectivity index (χ2n) is 3.62. The predicted octanol–water partition coefficient (Wildman–Crippen LogP) is 1.65. The Morgan fingerprint density at radius 2 is 2.33 bits per heavy atom. The van der Waals surface area contributed by atoms with E-state index in [0.717, 1.165) is 0 Å². The molecule has 1 N–H and O–H groups in total. The van der Waals surface area contributed by atoms with Gasteiger partial charge in [-0.3, -0.25) is 9.48 Å². The maximum Gasteiger partial charge on any atom is 0.252 e. The van der Waals surface area contributed by atoms with Crippen molar-refractivity contribution in [1.82, 2.24) is 20.1 Å². The summed E-state index contributed by atoms with van der Waals surface area (Å²) in [5.41, 5.74) is 0.242. The fourth-order valence-electron chi connectivity index (χ4n) is 1.40. The maximum atomic E-state index is 13.3. The first-order valence-corrected chi connectivity index (χ1v) is 5.94. The Kier molecular flexibility index (Phi) is 3.71. The number of aryl methyl sites for hydroxylation is 1. The van der Waals surface area contributed by atoms with Crippen molar-refractivity contribution in [2.45, 2.75) is 6.54 Å². The molecule has 1 heterocycles. The van der Waals surface area contributed by atoms with Crippen molar-refractivity contribution in [2.75, 3.05) is 0 Å². The molecule has 2 aromatic rings. The SMILES string of the molecule is Cn1cnc(CNC(=O)c2cccc(F)c2Br)n1. The van der Waals surface area contributed by atoms with Gasteiger partial charge in [0.25, 0.3) is 5.91 Å². The van der Waals surface area contributed by atoms with E-state index in [1.807, 2.05) is 0 Å². The molecule has 0 aliphatic carbocycles. The molecule has 18 heavy (non-hydrogen) atoms. The minimum Gasteiger partial charge on any atom is -0.345 e. The van der Waals surface area contributed by atoms with Gasteiger partial charge < -0.3 is 5.32 Å². The van der Waals surface area contributed by atoms with Crippen LogP contribution in [0.5, 0.6) is 0 Å². The Labute approximate surface area is 111 Å². The molecular weight excluding hydrogens is 303 g/mol. The van der Waals surface area contributed by atoms with Crippen molar-refractivity contribution in [3.8, 4) is 0 Å². The molecule has 0 aliphatic rings. The zero-order valence-corrected chi connectivity index (χ0v) is 11.1. The van der Waals surface area contributed by atoms with Crippen molar-refractivity contribution >= 4 is 21.8 Å². The first-order valence-electron chi connectivity index (χ1n) is 5.14. The molecule has 0 radical (unpaired) electrons. The van der Waals surface area contributed by atoms with Gasteiger partial charge in [0.2, 0.25) is 0 Å². The molecule has 0 saturated carbocycles. The van der Waals surface area contributed by atoms with Gasteiger partial charge in [-0.2, -0.15) is 5.10 Å². The second-order valence-corrected chi connectivity index (χ2v) is 4.41. The lowest BCUT2D eigenvalue weighted by atomic mass is 10.2. The van der Waals surface area contributed by atoms with Crippen LogP contribution in [0.2, 0.25) is 0 Å². The van der Waals surface area contributed by atoms with Crippen LogP contribution >= 0.6 is 15.9 Å². The van der Waals surface area contributed by atoms with Gasteiger partial charge in [-0.25, -0.2) is 9.37 Å². The first kappa shape index (κ1) is 12.7. The first-order chi connectivity index (χ1) is 8.58. The molecule has 1 amide bonds. The summed E-state index contributed by atoms with van der Waals surface area (Å²) in [5, 5.41) is 6.64. The largest absolute Gasteiger partial charge is 0.345 e. The third-order valence-electron chi connectivity index (χ3n) is 2.25. The van der Waals surface area contributed by atoms with Crippen LogP contribution in [-0.4, -0.2) is 20.7 Å². The van der Waals surface area contributed by atoms with Crippen molar-refractivity contribution in [1.29, 1.82) is 0 Å². The monoisotopic (exact) mass is 312 g/mol. The number of carbonyl (C=O) groups is 1. The summed E-state index contributed by atoms with van der Waals surface area (Å²) in [7, 11) is 1.74. The molecule has 0 spiro atoms. The number of carbonyl (C=O) groups excluding carboxylic acids is 1. The number of hydrogen-bond acceptors (Lipinski definition) is 3. The Morgan fingerprint density at radius 1 is 1.56 bits per heavy atom. The molecule has 94 valence electrons. The fourth-order valence-corrected chi connectivity index (χ4v) is 1.84. The van der Waals surface area contributed by atoms with Crippen LogP contribution < -0.4 is 5.32 Å². The van der Waals surface area contributed by atoms with Gasteiger partial charge in [-0.1, -0.05) is 6.07 Å². The molecule has 0 bridgehead atoms. The molecule has 2 rings (SSSR count). The summed E-state index contributed by atoms with van der Waals surface area (Å²) in [6.07, 6.45) is 1.54. The molecule has 0 atom stereocenters. The van der Waals surface area contributed by atoms with Gasteiger partial charge in [-0.05, 0) is 28.1 Å². The van der Waals surface area contributed by atoms with Crippen molar-refractivity contribution in [3.05, 3.63) is 46.2 Å². The van der Waals surface area contributed by atoms with Crippen LogP contribution in [0.1, 0.15) is 16.2 Å². The number of nitrogens with one attached hydrogen (secondary N) is 1. The molecule has 0 aliphatic heterocycles. The highest BCUT2D eigenvalue weighted by molar-refractivity contribution is 9.10. The van der Waals surface area contributed by atoms with Crippen LogP contribution in [0.25, 0.3) is 0 Å². The summed E-state index contributed by atoms with van der Waals surface area (Å²) >= 11 is 3.04. The fraction of sp³-hybridized carbons (Fsp3) is 0.182. The molecule has 0 saturated heterocycles. The topological polar surface area (TPSA) is 59.8 Å². The maximum absolute atomic E-state index is 13.3. The highest BCUT2D eigenvalue weighted by Gasteiger charge is 2.13. The van der Waals surface area contributed by atoms with Gasteiger partial charge >= 0.3 is 0 Å². The Balaban J connectivity index is 2.06. The highest BCUT2D eigenvalue weighted by atomic mass is 79.9. The predicted molar refractivity (Wildman–Crippen MR) is 66.3 cm³/mol. The summed E-state index contributed by atoms with van der Waals surface area (Å²) < 4.78 is 14.9. The molecule has 5 nitrogen and oxygen atoms in total. The standard InChI is InChI=1S/C11H10BrFN4O/c1-17-6-15-9(16-17)5-14-11(18)7-3-2-4-8(13)10(7)12/h2-4,6H,5H2,1H3,(H,14,18). The Morgan fingerprint density at radius 3 is 3.00 bits per heavy atom. The van der Waals surface area contributed by atoms with Gasteiger partial charge in [0, 0.05) is 7.05 Å². The molecule has 1 aromatic heterocycles. The molecule has 0 unspecified atom stereocenters. The van der Waals surface area contributed by atoms with Crippen molar-refractivity contribution in [2.24, 2.45) is 7.05 Å². The van der Waals surface area contributed by atoms with E-state index in [1.54, 1.807) is 18.1 Å². The van der Waals surface area contributed by atoms with Crippen LogP contribution in [0, 0.1) is 5.82 Å². The van der Waals surface area contributed by atoms with Crippen LogP contribution in [0.3, 0.4) is 0 Å². The zero-order valence-electron chi connectivity index (χ0n) is 9.52. The summed E-state index contributed by atoms with van der Waals surface area (Å²) in [6.45, 7) is 0.197. The van der Waals surface area contributed by atoms with E-state index in [2.05, 4.69) is 31.3 Å². The zero-order chi connectivity index (χ0) is 13.1. The van der Waals surface area contributed by atoms with E-state index in [9.17, 15) is 9.18 Å². The highest BCUT2D eigenvalue weighted by Crippen LogP contribution is 2.20. The number of hydrogen-bond donors (Lipinski definition) is 1. The van der Waals surface area contributed by atoms with Crippen LogP contribution in [0.4, 0.5) is 4.39 Å². The lowest BCUT2D eigenvalue weighted by molar-refractivity contribution is 0.0948. The minimum absolute atomic E-state index is 0.150. The lowest BCUT2D eigenvalue weighted by Crippen LogP contribution is -2.24. The number of halogens is 2. The van der Waals surface area contributed by atoms with Gasteiger partial charge in [-0.15, -0.1) is 0 Å².